The number of hydrogen-bond acceptors (Lipinski definition) is 4. The summed E-state index contributed by atoms with van der Waals surface area (Å²) in [6.07, 6.45) is 0. The number of benzene rings is 2. The molecule has 2 amide bonds. The van der Waals surface area contributed by atoms with Crippen LogP contribution in [0.15, 0.2) is 36.4 Å². The predicted molar refractivity (Wildman–Crippen MR) is 90.9 cm³/mol. The topological polar surface area (TPSA) is 76.7 Å². The molecule has 0 aliphatic rings. The molecule has 0 radical (unpaired) electrons. The van der Waals surface area contributed by atoms with Crippen molar-refractivity contribution in [3.8, 4) is 11.5 Å². The Morgan fingerprint density at radius 2 is 1.54 bits per heavy atom. The zero-order valence-electron chi connectivity index (χ0n) is 12.9. The second kappa shape index (κ2) is 7.90. The van der Waals surface area contributed by atoms with Crippen LogP contribution in [0, 0.1) is 0 Å². The van der Waals surface area contributed by atoms with Gasteiger partial charge in [0.15, 0.2) is 0 Å². The Morgan fingerprint density at radius 3 is 2.17 bits per heavy atom. The lowest BCUT2D eigenvalue weighted by Gasteiger charge is -2.12. The van der Waals surface area contributed by atoms with Gasteiger partial charge in [-0.15, -0.1) is 0 Å². The lowest BCUT2D eigenvalue weighted by Crippen LogP contribution is -2.41. The number of ether oxygens (including phenoxy) is 2. The summed E-state index contributed by atoms with van der Waals surface area (Å²) < 4.78 is 10.2. The number of halogens is 2. The van der Waals surface area contributed by atoms with E-state index in [4.69, 9.17) is 32.7 Å². The molecule has 8 heteroatoms. The average Bonchev–Trinajstić information content (AvgIpc) is 2.60. The van der Waals surface area contributed by atoms with E-state index in [1.54, 1.807) is 18.2 Å². The smallest absolute Gasteiger partial charge is 0.273 e. The molecule has 0 saturated carbocycles. The summed E-state index contributed by atoms with van der Waals surface area (Å²) in [4.78, 5) is 24.4. The predicted octanol–water partition coefficient (Wildman–Crippen LogP) is 3.09. The third-order valence-electron chi connectivity index (χ3n) is 3.11. The normalized spacial score (nSPS) is 10.0. The van der Waals surface area contributed by atoms with E-state index in [1.807, 2.05) is 0 Å². The van der Waals surface area contributed by atoms with Gasteiger partial charge in [-0.1, -0.05) is 23.2 Å². The molecule has 0 saturated heterocycles. The van der Waals surface area contributed by atoms with E-state index in [1.165, 1.54) is 32.4 Å². The van der Waals surface area contributed by atoms with Crippen LogP contribution in [0.4, 0.5) is 0 Å². The van der Waals surface area contributed by atoms with Crippen molar-refractivity contribution in [1.29, 1.82) is 0 Å². The van der Waals surface area contributed by atoms with Crippen LogP contribution in [0.1, 0.15) is 20.7 Å². The van der Waals surface area contributed by atoms with Crippen LogP contribution < -0.4 is 20.3 Å². The van der Waals surface area contributed by atoms with Crippen LogP contribution >= 0.6 is 23.2 Å². The number of nitrogens with one attached hydrogen (secondary N) is 2. The number of hydrazine groups is 1. The van der Waals surface area contributed by atoms with Crippen LogP contribution in [-0.4, -0.2) is 26.0 Å². The molecular formula is C16H14Cl2N2O4. The molecule has 0 heterocycles. The number of rotatable bonds is 4. The van der Waals surface area contributed by atoms with E-state index in [-0.39, 0.29) is 16.1 Å². The monoisotopic (exact) mass is 368 g/mol. The maximum absolute atomic E-state index is 12.3. The van der Waals surface area contributed by atoms with E-state index in [9.17, 15) is 9.59 Å². The lowest BCUT2D eigenvalue weighted by molar-refractivity contribution is 0.0845. The molecule has 0 bridgehead atoms. The number of carbonyl (C=O) groups is 2. The lowest BCUT2D eigenvalue weighted by atomic mass is 10.2. The van der Waals surface area contributed by atoms with Crippen molar-refractivity contribution in [2.24, 2.45) is 0 Å². The first-order valence-electron chi connectivity index (χ1n) is 6.74. The molecule has 2 rings (SSSR count). The minimum absolute atomic E-state index is 0.141. The van der Waals surface area contributed by atoms with Gasteiger partial charge in [0.25, 0.3) is 11.8 Å². The Hall–Kier alpha value is -2.44. The fraction of sp³-hybridized carbons (Fsp3) is 0.125. The van der Waals surface area contributed by atoms with E-state index >= 15 is 0 Å². The zero-order valence-corrected chi connectivity index (χ0v) is 14.4. The summed E-state index contributed by atoms with van der Waals surface area (Å²) in [6.45, 7) is 0. The van der Waals surface area contributed by atoms with Crippen molar-refractivity contribution < 1.29 is 19.1 Å². The van der Waals surface area contributed by atoms with Gasteiger partial charge in [0, 0.05) is 5.02 Å². The minimum atomic E-state index is -0.599. The Morgan fingerprint density at radius 1 is 0.875 bits per heavy atom. The first kappa shape index (κ1) is 17.9. The minimum Gasteiger partial charge on any atom is -0.497 e. The van der Waals surface area contributed by atoms with Gasteiger partial charge in [0.1, 0.15) is 11.5 Å². The highest BCUT2D eigenvalue weighted by molar-refractivity contribution is 6.35. The summed E-state index contributed by atoms with van der Waals surface area (Å²) in [5.74, 6) is -0.358. The van der Waals surface area contributed by atoms with E-state index in [0.29, 0.717) is 16.5 Å². The molecule has 0 spiro atoms. The molecule has 24 heavy (non-hydrogen) atoms. The van der Waals surface area contributed by atoms with Gasteiger partial charge in [-0.3, -0.25) is 20.4 Å². The van der Waals surface area contributed by atoms with Crippen LogP contribution in [0.3, 0.4) is 0 Å². The molecule has 0 aliphatic carbocycles. The average molecular weight is 369 g/mol. The molecular weight excluding hydrogens is 355 g/mol. The fourth-order valence-corrected chi connectivity index (χ4v) is 2.29. The number of carbonyl (C=O) groups excluding carboxylic acids is 2. The summed E-state index contributed by atoms with van der Waals surface area (Å²) in [6, 6.07) is 9.18. The summed E-state index contributed by atoms with van der Waals surface area (Å²) in [7, 11) is 2.91. The quantitative estimate of drug-likeness (QED) is 0.813. The molecule has 0 aliphatic heterocycles. The summed E-state index contributed by atoms with van der Waals surface area (Å²) in [5.41, 5.74) is 4.91. The van der Waals surface area contributed by atoms with Gasteiger partial charge >= 0.3 is 0 Å². The van der Waals surface area contributed by atoms with Gasteiger partial charge in [-0.05, 0) is 36.4 Å². The van der Waals surface area contributed by atoms with Crippen molar-refractivity contribution in [3.05, 3.63) is 57.6 Å². The SMILES string of the molecule is COc1ccc(OC)c(C(=O)NNC(=O)c2cc(Cl)ccc2Cl)c1. The largest absolute Gasteiger partial charge is 0.497 e. The Labute approximate surface area is 148 Å². The molecule has 0 fully saturated rings. The van der Waals surface area contributed by atoms with Gasteiger partial charge in [-0.2, -0.15) is 0 Å². The van der Waals surface area contributed by atoms with Crippen molar-refractivity contribution >= 4 is 35.0 Å². The van der Waals surface area contributed by atoms with Gasteiger partial charge in [0.2, 0.25) is 0 Å². The second-order valence-electron chi connectivity index (χ2n) is 4.60. The number of hydrogen-bond donors (Lipinski definition) is 2. The number of amides is 2. The van der Waals surface area contributed by atoms with Crippen LogP contribution in [0.2, 0.25) is 10.0 Å². The molecule has 2 N–H and O–H groups in total. The maximum atomic E-state index is 12.3. The number of methoxy groups -OCH3 is 2. The molecule has 126 valence electrons. The Balaban J connectivity index is 2.13. The zero-order chi connectivity index (χ0) is 17.7. The molecule has 0 unspecified atom stereocenters. The van der Waals surface area contributed by atoms with E-state index in [2.05, 4.69) is 10.9 Å². The summed E-state index contributed by atoms with van der Waals surface area (Å²) in [5, 5.41) is 0.565. The third kappa shape index (κ3) is 4.10. The molecule has 2 aromatic rings. The Kier molecular flexibility index (Phi) is 5.89. The molecule has 2 aromatic carbocycles. The van der Waals surface area contributed by atoms with Gasteiger partial charge in [0.05, 0.1) is 30.4 Å². The van der Waals surface area contributed by atoms with Crippen LogP contribution in [0.25, 0.3) is 0 Å². The second-order valence-corrected chi connectivity index (χ2v) is 5.44. The highest BCUT2D eigenvalue weighted by Crippen LogP contribution is 2.24. The highest BCUT2D eigenvalue weighted by Gasteiger charge is 2.16. The fourth-order valence-electron chi connectivity index (χ4n) is 1.91. The Bertz CT molecular complexity index is 781. The summed E-state index contributed by atoms with van der Waals surface area (Å²) >= 11 is 11.8. The highest BCUT2D eigenvalue weighted by atomic mass is 35.5. The van der Waals surface area contributed by atoms with E-state index in [0.717, 1.165) is 0 Å². The molecule has 0 atom stereocenters. The maximum Gasteiger partial charge on any atom is 0.273 e. The third-order valence-corrected chi connectivity index (χ3v) is 3.68. The molecule has 0 aromatic heterocycles. The van der Waals surface area contributed by atoms with Crippen LogP contribution in [0.5, 0.6) is 11.5 Å². The van der Waals surface area contributed by atoms with E-state index < -0.39 is 11.8 Å². The first-order chi connectivity index (χ1) is 11.5. The standard InChI is InChI=1S/C16H14Cl2N2O4/c1-23-10-4-6-14(24-2)12(8-10)16(22)20-19-15(21)11-7-9(17)3-5-13(11)18/h3-8H,1-2H3,(H,19,21)(H,20,22). The van der Waals surface area contributed by atoms with Crippen molar-refractivity contribution in [2.45, 2.75) is 0 Å². The van der Waals surface area contributed by atoms with Crippen molar-refractivity contribution in [2.75, 3.05) is 14.2 Å². The first-order valence-corrected chi connectivity index (χ1v) is 7.49. The van der Waals surface area contributed by atoms with Crippen molar-refractivity contribution in [1.82, 2.24) is 10.9 Å². The van der Waals surface area contributed by atoms with Gasteiger partial charge < -0.3 is 9.47 Å². The molecule has 6 nitrogen and oxygen atoms in total. The van der Waals surface area contributed by atoms with Crippen LogP contribution in [-0.2, 0) is 0 Å². The van der Waals surface area contributed by atoms with Crippen molar-refractivity contribution in [3.63, 3.8) is 0 Å². The van der Waals surface area contributed by atoms with Gasteiger partial charge in [-0.25, -0.2) is 0 Å².